The van der Waals surface area contributed by atoms with Gasteiger partial charge in [0.25, 0.3) is 5.89 Å². The van der Waals surface area contributed by atoms with Gasteiger partial charge in [-0.05, 0) is 35.9 Å². The minimum atomic E-state index is -4.40. The maximum atomic E-state index is 12.7. The Labute approximate surface area is 179 Å². The molecule has 0 saturated heterocycles. The lowest BCUT2D eigenvalue weighted by Gasteiger charge is -2.24. The largest absolute Gasteiger partial charge is 0.416 e. The van der Waals surface area contributed by atoms with Crippen LogP contribution in [0.5, 0.6) is 0 Å². The third-order valence-electron chi connectivity index (χ3n) is 4.99. The molecular weight excluding hydrogens is 433 g/mol. The highest BCUT2D eigenvalue weighted by molar-refractivity contribution is 6.30. The van der Waals surface area contributed by atoms with Crippen LogP contribution in [0.4, 0.5) is 13.2 Å². The molecule has 2 aromatic carbocycles. The number of fused-ring (bicyclic) bond motifs is 1. The number of alkyl halides is 3. The van der Waals surface area contributed by atoms with Gasteiger partial charge in [-0.2, -0.15) is 23.3 Å². The fourth-order valence-electron chi connectivity index (χ4n) is 3.36. The highest BCUT2D eigenvalue weighted by Crippen LogP contribution is 2.32. The Morgan fingerprint density at radius 3 is 2.48 bits per heavy atom. The van der Waals surface area contributed by atoms with Gasteiger partial charge in [0.15, 0.2) is 5.69 Å². The van der Waals surface area contributed by atoms with Gasteiger partial charge in [0, 0.05) is 10.6 Å². The monoisotopic (exact) mass is 446 g/mol. The molecule has 1 aliphatic heterocycles. The molecule has 1 atom stereocenters. The second-order valence-electron chi connectivity index (χ2n) is 7.05. The Morgan fingerprint density at radius 1 is 1.03 bits per heavy atom. The lowest BCUT2D eigenvalue weighted by atomic mass is 10.1. The zero-order valence-electron chi connectivity index (χ0n) is 15.8. The molecule has 0 bridgehead atoms. The van der Waals surface area contributed by atoms with E-state index in [9.17, 15) is 13.2 Å². The average Bonchev–Trinajstić information content (AvgIpc) is 3.40. The van der Waals surface area contributed by atoms with Crippen LogP contribution < -0.4 is 0 Å². The number of aromatic nitrogens is 4. The van der Waals surface area contributed by atoms with Crippen molar-refractivity contribution in [3.63, 3.8) is 0 Å². The summed E-state index contributed by atoms with van der Waals surface area (Å²) in [6.07, 6.45) is -4.56. The molecule has 0 N–H and O–H groups in total. The highest BCUT2D eigenvalue weighted by Gasteiger charge is 2.30. The fourth-order valence-corrected chi connectivity index (χ4v) is 3.49. The molecule has 0 saturated carbocycles. The number of nitrogens with zero attached hydrogens (tertiary/aromatic N) is 4. The van der Waals surface area contributed by atoms with Gasteiger partial charge in [-0.1, -0.05) is 41.0 Å². The van der Waals surface area contributed by atoms with Crippen LogP contribution in [0.1, 0.15) is 22.9 Å². The summed E-state index contributed by atoms with van der Waals surface area (Å²) in [6, 6.07) is 13.8. The topological polar surface area (TPSA) is 66.0 Å². The highest BCUT2D eigenvalue weighted by atomic mass is 35.5. The van der Waals surface area contributed by atoms with Gasteiger partial charge < -0.3 is 9.26 Å². The van der Waals surface area contributed by atoms with Crippen LogP contribution in [0.3, 0.4) is 0 Å². The van der Waals surface area contributed by atoms with Gasteiger partial charge >= 0.3 is 6.18 Å². The van der Waals surface area contributed by atoms with E-state index in [-0.39, 0.29) is 17.8 Å². The molecular formula is C21H14ClF3N4O2. The average molecular weight is 447 g/mol. The van der Waals surface area contributed by atoms with Gasteiger partial charge in [-0.15, -0.1) is 0 Å². The summed E-state index contributed by atoms with van der Waals surface area (Å²) in [5.74, 6) is 0.366. The Kier molecular flexibility index (Phi) is 4.79. The molecule has 4 aromatic rings. The third-order valence-corrected chi connectivity index (χ3v) is 5.24. The lowest BCUT2D eigenvalue weighted by molar-refractivity contribution is -0.137. The van der Waals surface area contributed by atoms with E-state index in [0.29, 0.717) is 29.4 Å². The summed E-state index contributed by atoms with van der Waals surface area (Å²) in [5, 5.41) is 9.06. The predicted octanol–water partition coefficient (Wildman–Crippen LogP) is 5.54. The number of benzene rings is 2. The van der Waals surface area contributed by atoms with Crippen LogP contribution in [0, 0.1) is 0 Å². The summed E-state index contributed by atoms with van der Waals surface area (Å²) < 4.78 is 51.3. The van der Waals surface area contributed by atoms with Crippen molar-refractivity contribution < 1.29 is 22.4 Å². The minimum Gasteiger partial charge on any atom is -0.365 e. The van der Waals surface area contributed by atoms with Gasteiger partial charge in [-0.25, -0.2) is 0 Å². The summed E-state index contributed by atoms with van der Waals surface area (Å²) in [4.78, 5) is 4.28. The first kappa shape index (κ1) is 19.8. The van der Waals surface area contributed by atoms with Crippen molar-refractivity contribution >= 4 is 11.6 Å². The Hall–Kier alpha value is -3.17. The Morgan fingerprint density at radius 2 is 1.77 bits per heavy atom. The third kappa shape index (κ3) is 3.94. The molecule has 1 aliphatic rings. The van der Waals surface area contributed by atoms with Crippen molar-refractivity contribution in [3.05, 3.63) is 76.4 Å². The number of hydrogen-bond acceptors (Lipinski definition) is 5. The molecule has 5 rings (SSSR count). The van der Waals surface area contributed by atoms with Crippen molar-refractivity contribution in [2.24, 2.45) is 0 Å². The van der Waals surface area contributed by atoms with Crippen LogP contribution in [0.25, 0.3) is 23.0 Å². The maximum Gasteiger partial charge on any atom is 0.416 e. The summed E-state index contributed by atoms with van der Waals surface area (Å²) in [5.41, 5.74) is 2.00. The van der Waals surface area contributed by atoms with Gasteiger partial charge in [0.05, 0.1) is 24.4 Å². The quantitative estimate of drug-likeness (QED) is 0.413. The fraction of sp³-hybridized carbons (Fsp3) is 0.190. The number of halogens is 4. The van der Waals surface area contributed by atoms with E-state index < -0.39 is 11.7 Å². The Bertz CT molecular complexity index is 1220. The maximum absolute atomic E-state index is 12.7. The molecule has 31 heavy (non-hydrogen) atoms. The number of hydrogen-bond donors (Lipinski definition) is 0. The van der Waals surface area contributed by atoms with Gasteiger partial charge in [-0.3, -0.25) is 4.68 Å². The van der Waals surface area contributed by atoms with E-state index in [1.165, 1.54) is 12.1 Å². The van der Waals surface area contributed by atoms with Crippen molar-refractivity contribution in [1.29, 1.82) is 0 Å². The van der Waals surface area contributed by atoms with E-state index in [0.717, 1.165) is 23.4 Å². The molecule has 0 unspecified atom stereocenters. The van der Waals surface area contributed by atoms with Crippen LogP contribution in [0.15, 0.2) is 59.1 Å². The molecule has 0 amide bonds. The zero-order valence-corrected chi connectivity index (χ0v) is 16.6. The standard InChI is InChI=1S/C21H14ClF3N4O2/c22-15-7-3-12(4-8-15)18-10-29-16(11-30-18)9-17(27-29)20-26-19(28-31-20)13-1-5-14(6-2-13)21(23,24)25/h1-9,18H,10-11H2/t18-/m0/s1. The number of ether oxygens (including phenoxy) is 1. The first-order chi connectivity index (χ1) is 14.9. The summed E-state index contributed by atoms with van der Waals surface area (Å²) in [6.45, 7) is 0.872. The van der Waals surface area contributed by atoms with Crippen LogP contribution in [-0.4, -0.2) is 19.9 Å². The molecule has 0 aliphatic carbocycles. The molecule has 0 radical (unpaired) electrons. The summed E-state index contributed by atoms with van der Waals surface area (Å²) >= 11 is 5.95. The van der Waals surface area contributed by atoms with E-state index in [4.69, 9.17) is 20.9 Å². The van der Waals surface area contributed by atoms with Crippen molar-refractivity contribution in [1.82, 2.24) is 19.9 Å². The van der Waals surface area contributed by atoms with E-state index in [1.807, 2.05) is 28.9 Å². The zero-order chi connectivity index (χ0) is 21.6. The normalized spacial score (nSPS) is 16.3. The minimum absolute atomic E-state index is 0.164. The van der Waals surface area contributed by atoms with Crippen molar-refractivity contribution in [3.8, 4) is 23.0 Å². The Balaban J connectivity index is 1.36. The van der Waals surface area contributed by atoms with Crippen LogP contribution in [0.2, 0.25) is 5.02 Å². The molecule has 6 nitrogen and oxygen atoms in total. The summed E-state index contributed by atoms with van der Waals surface area (Å²) in [7, 11) is 0. The number of rotatable bonds is 3. The predicted molar refractivity (Wildman–Crippen MR) is 105 cm³/mol. The van der Waals surface area contributed by atoms with Crippen molar-refractivity contribution in [2.75, 3.05) is 0 Å². The first-order valence-electron chi connectivity index (χ1n) is 9.32. The molecule has 3 heterocycles. The molecule has 2 aromatic heterocycles. The molecule has 0 fully saturated rings. The van der Waals surface area contributed by atoms with Crippen LogP contribution in [-0.2, 0) is 24.1 Å². The SMILES string of the molecule is FC(F)(F)c1ccc(-c2noc(-c3cc4n(n3)C[C@@H](c3ccc(Cl)cc3)OC4)n2)cc1. The first-order valence-corrected chi connectivity index (χ1v) is 9.70. The second-order valence-corrected chi connectivity index (χ2v) is 7.49. The van der Waals surface area contributed by atoms with E-state index >= 15 is 0 Å². The molecule has 0 spiro atoms. The van der Waals surface area contributed by atoms with Gasteiger partial charge in [0.1, 0.15) is 6.10 Å². The second kappa shape index (κ2) is 7.51. The van der Waals surface area contributed by atoms with E-state index in [2.05, 4.69) is 15.2 Å². The lowest BCUT2D eigenvalue weighted by Crippen LogP contribution is -2.21. The van der Waals surface area contributed by atoms with E-state index in [1.54, 1.807) is 6.07 Å². The van der Waals surface area contributed by atoms with Crippen molar-refractivity contribution in [2.45, 2.75) is 25.4 Å². The molecule has 10 heteroatoms. The molecule has 158 valence electrons. The van der Waals surface area contributed by atoms with Crippen LogP contribution >= 0.6 is 11.6 Å². The smallest absolute Gasteiger partial charge is 0.365 e. The van der Waals surface area contributed by atoms with Gasteiger partial charge in [0.2, 0.25) is 5.82 Å².